The highest BCUT2D eigenvalue weighted by Gasteiger charge is 2.17. The first-order valence-electron chi connectivity index (χ1n) is 7.91. The van der Waals surface area contributed by atoms with Crippen molar-refractivity contribution in [2.24, 2.45) is 0 Å². The van der Waals surface area contributed by atoms with E-state index in [2.05, 4.69) is 21.3 Å². The van der Waals surface area contributed by atoms with E-state index in [0.717, 1.165) is 0 Å². The maximum atomic E-state index is 13.5. The van der Waals surface area contributed by atoms with Crippen LogP contribution in [0.4, 0.5) is 10.1 Å². The molecular formula is C18H16FN5O2S. The van der Waals surface area contributed by atoms with E-state index in [4.69, 9.17) is 12.2 Å². The van der Waals surface area contributed by atoms with Crippen LogP contribution in [0.2, 0.25) is 0 Å². The molecule has 1 heterocycles. The van der Waals surface area contributed by atoms with Crippen LogP contribution in [0.1, 0.15) is 16.1 Å². The number of nitrogens with one attached hydrogen (secondary N) is 3. The fraction of sp³-hybridized carbons (Fsp3) is 0.0556. The minimum absolute atomic E-state index is 0.0496. The summed E-state index contributed by atoms with van der Waals surface area (Å²) in [6.45, 7) is 1.65. The van der Waals surface area contributed by atoms with Crippen LogP contribution in [0.25, 0.3) is 5.69 Å². The van der Waals surface area contributed by atoms with Crippen molar-refractivity contribution in [1.82, 2.24) is 20.6 Å². The molecule has 27 heavy (non-hydrogen) atoms. The van der Waals surface area contributed by atoms with Crippen LogP contribution in [0.5, 0.6) is 5.75 Å². The van der Waals surface area contributed by atoms with E-state index in [9.17, 15) is 14.3 Å². The number of rotatable bonds is 3. The monoisotopic (exact) mass is 385 g/mol. The van der Waals surface area contributed by atoms with Crippen molar-refractivity contribution in [3.63, 3.8) is 0 Å². The molecule has 0 saturated carbocycles. The number of aryl methyl sites for hydroxylation is 1. The molecule has 0 aliphatic rings. The Morgan fingerprint density at radius 3 is 2.63 bits per heavy atom. The summed E-state index contributed by atoms with van der Waals surface area (Å²) in [5, 5.41) is 16.8. The number of para-hydroxylation sites is 1. The number of anilines is 1. The minimum atomic E-state index is -0.679. The van der Waals surface area contributed by atoms with Crippen molar-refractivity contribution >= 4 is 28.9 Å². The Morgan fingerprint density at radius 2 is 1.93 bits per heavy atom. The minimum Gasteiger partial charge on any atom is -0.504 e. The van der Waals surface area contributed by atoms with Gasteiger partial charge in [-0.25, -0.2) is 9.07 Å². The number of hydrogen-bond donors (Lipinski definition) is 4. The van der Waals surface area contributed by atoms with Crippen molar-refractivity contribution in [3.8, 4) is 11.4 Å². The number of thiocarbonyl (C=S) groups is 1. The number of hydrogen-bond acceptors (Lipinski definition) is 4. The lowest BCUT2D eigenvalue weighted by Crippen LogP contribution is -2.44. The van der Waals surface area contributed by atoms with E-state index < -0.39 is 5.91 Å². The van der Waals surface area contributed by atoms with Gasteiger partial charge in [-0.2, -0.15) is 5.10 Å². The second-order valence-electron chi connectivity index (χ2n) is 5.64. The number of halogens is 1. The molecule has 1 aromatic heterocycles. The second-order valence-corrected chi connectivity index (χ2v) is 6.05. The van der Waals surface area contributed by atoms with E-state index >= 15 is 0 Å². The lowest BCUT2D eigenvalue weighted by atomic mass is 10.2. The zero-order chi connectivity index (χ0) is 19.4. The molecule has 0 atom stereocenters. The van der Waals surface area contributed by atoms with Crippen LogP contribution >= 0.6 is 12.2 Å². The summed E-state index contributed by atoms with van der Waals surface area (Å²) in [7, 11) is 0. The van der Waals surface area contributed by atoms with Crippen LogP contribution in [-0.2, 0) is 0 Å². The third-order valence-electron chi connectivity index (χ3n) is 3.65. The highest BCUT2D eigenvalue weighted by Crippen LogP contribution is 2.18. The predicted octanol–water partition coefficient (Wildman–Crippen LogP) is 2.66. The Morgan fingerprint density at radius 1 is 1.19 bits per heavy atom. The summed E-state index contributed by atoms with van der Waals surface area (Å²) in [4.78, 5) is 12.2. The largest absolute Gasteiger partial charge is 0.504 e. The van der Waals surface area contributed by atoms with Crippen LogP contribution in [0.15, 0.2) is 54.7 Å². The lowest BCUT2D eigenvalue weighted by molar-refractivity contribution is 0.0936. The molecular weight excluding hydrogens is 369 g/mol. The van der Waals surface area contributed by atoms with Crippen LogP contribution in [0, 0.1) is 12.7 Å². The van der Waals surface area contributed by atoms with E-state index in [-0.39, 0.29) is 22.4 Å². The van der Waals surface area contributed by atoms with Crippen molar-refractivity contribution in [2.75, 3.05) is 5.32 Å². The van der Waals surface area contributed by atoms with Crippen molar-refractivity contribution < 1.29 is 14.3 Å². The molecule has 0 aliphatic heterocycles. The lowest BCUT2D eigenvalue weighted by Gasteiger charge is -2.11. The molecule has 0 bridgehead atoms. The molecule has 1 amide bonds. The van der Waals surface area contributed by atoms with Gasteiger partial charge in [0.1, 0.15) is 5.82 Å². The van der Waals surface area contributed by atoms with Crippen molar-refractivity contribution in [2.45, 2.75) is 6.92 Å². The van der Waals surface area contributed by atoms with Crippen LogP contribution < -0.4 is 16.2 Å². The quantitative estimate of drug-likeness (QED) is 0.409. The van der Waals surface area contributed by atoms with Gasteiger partial charge in [-0.3, -0.25) is 15.6 Å². The Balaban J connectivity index is 1.61. The molecule has 4 N–H and O–H groups in total. The van der Waals surface area contributed by atoms with Crippen LogP contribution in [0.3, 0.4) is 0 Å². The van der Waals surface area contributed by atoms with Gasteiger partial charge < -0.3 is 10.4 Å². The summed E-state index contributed by atoms with van der Waals surface area (Å²) in [6.07, 6.45) is 1.33. The van der Waals surface area contributed by atoms with E-state index in [1.54, 1.807) is 31.2 Å². The summed E-state index contributed by atoms with van der Waals surface area (Å²) in [6, 6.07) is 13.6. The molecule has 0 unspecified atom stereocenters. The first-order valence-corrected chi connectivity index (χ1v) is 8.32. The summed E-state index contributed by atoms with van der Waals surface area (Å²) in [5.41, 5.74) is 6.27. The summed E-state index contributed by atoms with van der Waals surface area (Å²) >= 11 is 5.05. The first-order chi connectivity index (χ1) is 12.9. The maximum Gasteiger partial charge on any atom is 0.294 e. The van der Waals surface area contributed by atoms with E-state index in [0.29, 0.717) is 16.9 Å². The van der Waals surface area contributed by atoms with Gasteiger partial charge in [-0.1, -0.05) is 24.3 Å². The van der Waals surface area contributed by atoms with Gasteiger partial charge >= 0.3 is 0 Å². The molecule has 0 aliphatic carbocycles. The third-order valence-corrected chi connectivity index (χ3v) is 3.85. The Kier molecular flexibility index (Phi) is 5.32. The third kappa shape index (κ3) is 4.39. The van der Waals surface area contributed by atoms with Crippen LogP contribution in [-0.4, -0.2) is 25.9 Å². The maximum absolute atomic E-state index is 13.5. The number of carbonyl (C=O) groups excluding carboxylic acids is 1. The zero-order valence-corrected chi connectivity index (χ0v) is 15.0. The summed E-state index contributed by atoms with van der Waals surface area (Å²) in [5.74, 6) is -1.33. The van der Waals surface area contributed by atoms with Crippen molar-refractivity contribution in [1.29, 1.82) is 0 Å². The van der Waals surface area contributed by atoms with Gasteiger partial charge in [0.05, 0.1) is 11.9 Å². The van der Waals surface area contributed by atoms with Crippen molar-refractivity contribution in [3.05, 3.63) is 71.8 Å². The average molecular weight is 385 g/mol. The molecule has 0 radical (unpaired) electrons. The van der Waals surface area contributed by atoms with Gasteiger partial charge in [0.25, 0.3) is 5.91 Å². The molecule has 9 heteroatoms. The number of benzene rings is 2. The smallest absolute Gasteiger partial charge is 0.294 e. The number of aromatic hydroxyl groups is 1. The van der Waals surface area contributed by atoms with E-state index in [1.807, 2.05) is 18.2 Å². The molecule has 2 aromatic carbocycles. The fourth-order valence-corrected chi connectivity index (χ4v) is 2.41. The molecule has 0 saturated heterocycles. The molecule has 0 spiro atoms. The van der Waals surface area contributed by atoms with Gasteiger partial charge in [-0.15, -0.1) is 0 Å². The Labute approximate surface area is 159 Å². The first kappa shape index (κ1) is 18.3. The van der Waals surface area contributed by atoms with Gasteiger partial charge in [0.2, 0.25) is 0 Å². The Hall–Kier alpha value is -3.46. The number of amides is 1. The summed E-state index contributed by atoms with van der Waals surface area (Å²) < 4.78 is 14.9. The van der Waals surface area contributed by atoms with E-state index in [1.165, 1.54) is 16.9 Å². The normalized spacial score (nSPS) is 10.3. The number of carbonyl (C=O) groups is 1. The highest BCUT2D eigenvalue weighted by atomic mass is 32.1. The van der Waals surface area contributed by atoms with Gasteiger partial charge in [-0.05, 0) is 49.0 Å². The SMILES string of the molecule is Cc1ccc(NC(=S)NNC(=O)c2nn(-c3ccccc3)cc2O)cc1F. The molecule has 7 nitrogen and oxygen atoms in total. The standard InChI is InChI=1S/C18H16FN5O2S/c1-11-7-8-12(9-14(11)19)20-18(27)22-21-17(26)16-15(25)10-24(23-16)13-5-3-2-4-6-13/h2-10,25H,1H3,(H,21,26)(H2,20,22,27). The molecule has 3 aromatic rings. The fourth-order valence-electron chi connectivity index (χ4n) is 2.25. The molecule has 0 fully saturated rings. The number of nitrogens with zero attached hydrogens (tertiary/aromatic N) is 2. The topological polar surface area (TPSA) is 91.2 Å². The zero-order valence-electron chi connectivity index (χ0n) is 14.2. The average Bonchev–Trinajstić information content (AvgIpc) is 3.05. The number of hydrazine groups is 1. The predicted molar refractivity (Wildman–Crippen MR) is 103 cm³/mol. The molecule has 3 rings (SSSR count). The van der Waals surface area contributed by atoms with Gasteiger partial charge in [0, 0.05) is 5.69 Å². The molecule has 138 valence electrons. The number of aromatic nitrogens is 2. The highest BCUT2D eigenvalue weighted by molar-refractivity contribution is 7.80. The Bertz CT molecular complexity index is 991. The van der Waals surface area contributed by atoms with Gasteiger partial charge in [0.15, 0.2) is 16.6 Å². The second kappa shape index (κ2) is 7.83.